The van der Waals surface area contributed by atoms with Gasteiger partial charge >= 0.3 is 0 Å². The fraction of sp³-hybridized carbons (Fsp3) is 0.500. The minimum Gasteiger partial charge on any atom is -0.0762 e. The van der Waals surface area contributed by atoms with Crippen molar-refractivity contribution in [3.05, 3.63) is 22.7 Å². The second kappa shape index (κ2) is 2.70. The topological polar surface area (TPSA) is 0 Å². The van der Waals surface area contributed by atoms with E-state index >= 15 is 0 Å². The first kappa shape index (κ1) is 7.07. The Morgan fingerprint density at radius 1 is 1.56 bits per heavy atom. The zero-order valence-corrected chi connectivity index (χ0v) is 7.35. The lowest BCUT2D eigenvalue weighted by atomic mass is 9.98. The highest BCUT2D eigenvalue weighted by atomic mass is 79.9. The van der Waals surface area contributed by atoms with Crippen molar-refractivity contribution < 1.29 is 0 Å². The van der Waals surface area contributed by atoms with Crippen molar-refractivity contribution in [1.82, 2.24) is 0 Å². The van der Waals surface area contributed by atoms with Gasteiger partial charge in [0.15, 0.2) is 0 Å². The average Bonchev–Trinajstić information content (AvgIpc) is 2.13. The van der Waals surface area contributed by atoms with Crippen LogP contribution in [0.25, 0.3) is 0 Å². The van der Waals surface area contributed by atoms with E-state index in [4.69, 9.17) is 0 Å². The molecule has 0 nitrogen and oxygen atoms in total. The standard InChI is InChI=1S/C8H11Br/c1-6(2)7-4-3-5-8(7)9/h3-7H,1-2H3. The van der Waals surface area contributed by atoms with Crippen LogP contribution < -0.4 is 0 Å². The smallest absolute Gasteiger partial charge is 0.0110 e. The molecule has 1 aliphatic rings. The summed E-state index contributed by atoms with van der Waals surface area (Å²) in [5.41, 5.74) is 0. The molecule has 0 aromatic carbocycles. The lowest BCUT2D eigenvalue weighted by molar-refractivity contribution is 0.551. The van der Waals surface area contributed by atoms with E-state index in [-0.39, 0.29) is 0 Å². The number of hydrogen-bond acceptors (Lipinski definition) is 0. The molecule has 0 saturated carbocycles. The van der Waals surface area contributed by atoms with Crippen molar-refractivity contribution in [2.45, 2.75) is 13.8 Å². The van der Waals surface area contributed by atoms with Crippen LogP contribution in [0.15, 0.2) is 22.7 Å². The van der Waals surface area contributed by atoms with Crippen LogP contribution in [0.4, 0.5) is 0 Å². The highest BCUT2D eigenvalue weighted by molar-refractivity contribution is 9.11. The highest BCUT2D eigenvalue weighted by Crippen LogP contribution is 2.30. The monoisotopic (exact) mass is 186 g/mol. The van der Waals surface area contributed by atoms with E-state index in [0.717, 1.165) is 5.92 Å². The Balaban J connectivity index is 2.63. The van der Waals surface area contributed by atoms with E-state index in [2.05, 4.69) is 48.0 Å². The quantitative estimate of drug-likeness (QED) is 0.591. The van der Waals surface area contributed by atoms with E-state index in [0.29, 0.717) is 5.92 Å². The molecule has 0 aromatic rings. The van der Waals surface area contributed by atoms with Gasteiger partial charge in [0.05, 0.1) is 0 Å². The first-order chi connectivity index (χ1) is 4.22. The molecular formula is C8H11Br. The van der Waals surface area contributed by atoms with Gasteiger partial charge in [0, 0.05) is 10.4 Å². The summed E-state index contributed by atoms with van der Waals surface area (Å²) in [7, 11) is 0. The molecule has 0 saturated heterocycles. The van der Waals surface area contributed by atoms with Gasteiger partial charge in [-0.1, -0.05) is 48.0 Å². The summed E-state index contributed by atoms with van der Waals surface area (Å²) in [6.45, 7) is 4.46. The zero-order chi connectivity index (χ0) is 6.85. The third-order valence-corrected chi connectivity index (χ3v) is 2.40. The molecule has 1 heteroatoms. The summed E-state index contributed by atoms with van der Waals surface area (Å²) in [5, 5.41) is 0. The fourth-order valence-electron chi connectivity index (χ4n) is 1.01. The first-order valence-electron chi connectivity index (χ1n) is 3.25. The Morgan fingerprint density at radius 3 is 2.44 bits per heavy atom. The normalized spacial score (nSPS) is 25.3. The number of allylic oxidation sites excluding steroid dienone is 4. The molecule has 1 aliphatic carbocycles. The second-order valence-electron chi connectivity index (χ2n) is 2.71. The van der Waals surface area contributed by atoms with E-state index in [9.17, 15) is 0 Å². The van der Waals surface area contributed by atoms with E-state index in [1.165, 1.54) is 4.48 Å². The minimum absolute atomic E-state index is 0.630. The van der Waals surface area contributed by atoms with Crippen LogP contribution >= 0.6 is 15.9 Å². The first-order valence-corrected chi connectivity index (χ1v) is 4.05. The molecule has 1 atom stereocenters. The Hall–Kier alpha value is -0.0400. The van der Waals surface area contributed by atoms with Crippen LogP contribution in [0.3, 0.4) is 0 Å². The Labute approximate surface area is 64.8 Å². The Bertz CT molecular complexity index is 154. The van der Waals surface area contributed by atoms with Gasteiger partial charge in [-0.25, -0.2) is 0 Å². The fourth-order valence-corrected chi connectivity index (χ4v) is 1.84. The second-order valence-corrected chi connectivity index (χ2v) is 3.62. The summed E-state index contributed by atoms with van der Waals surface area (Å²) in [6, 6.07) is 0. The molecule has 0 aliphatic heterocycles. The van der Waals surface area contributed by atoms with Crippen LogP contribution in [0.2, 0.25) is 0 Å². The summed E-state index contributed by atoms with van der Waals surface area (Å²) >= 11 is 3.50. The molecule has 50 valence electrons. The average molecular weight is 187 g/mol. The van der Waals surface area contributed by atoms with Crippen molar-refractivity contribution in [2.75, 3.05) is 0 Å². The number of rotatable bonds is 1. The molecular weight excluding hydrogens is 176 g/mol. The predicted molar refractivity (Wildman–Crippen MR) is 44.5 cm³/mol. The van der Waals surface area contributed by atoms with Gasteiger partial charge in [-0.3, -0.25) is 0 Å². The molecule has 0 radical (unpaired) electrons. The Morgan fingerprint density at radius 2 is 2.22 bits per heavy atom. The van der Waals surface area contributed by atoms with Crippen molar-refractivity contribution in [1.29, 1.82) is 0 Å². The third-order valence-electron chi connectivity index (χ3n) is 1.61. The van der Waals surface area contributed by atoms with Gasteiger partial charge in [-0.15, -0.1) is 0 Å². The van der Waals surface area contributed by atoms with Crippen molar-refractivity contribution in [3.8, 4) is 0 Å². The lowest BCUT2D eigenvalue weighted by Gasteiger charge is -2.11. The maximum Gasteiger partial charge on any atom is 0.0110 e. The van der Waals surface area contributed by atoms with Crippen LogP contribution in [0, 0.1) is 11.8 Å². The van der Waals surface area contributed by atoms with E-state index < -0.39 is 0 Å². The molecule has 0 amide bonds. The minimum atomic E-state index is 0.630. The SMILES string of the molecule is CC(C)C1C=CC=C1Br. The predicted octanol–water partition coefficient (Wildman–Crippen LogP) is 3.11. The molecule has 1 rings (SSSR count). The summed E-state index contributed by atoms with van der Waals surface area (Å²) in [6.07, 6.45) is 6.45. The number of halogens is 1. The molecule has 1 unspecified atom stereocenters. The zero-order valence-electron chi connectivity index (χ0n) is 5.76. The van der Waals surface area contributed by atoms with Crippen LogP contribution in [0.1, 0.15) is 13.8 Å². The number of hydrogen-bond donors (Lipinski definition) is 0. The molecule has 0 N–H and O–H groups in total. The van der Waals surface area contributed by atoms with Crippen LogP contribution in [-0.4, -0.2) is 0 Å². The van der Waals surface area contributed by atoms with Crippen molar-refractivity contribution in [3.63, 3.8) is 0 Å². The summed E-state index contributed by atoms with van der Waals surface area (Å²) in [4.78, 5) is 0. The highest BCUT2D eigenvalue weighted by Gasteiger charge is 2.14. The summed E-state index contributed by atoms with van der Waals surface area (Å²) in [5.74, 6) is 1.35. The van der Waals surface area contributed by atoms with Crippen LogP contribution in [-0.2, 0) is 0 Å². The summed E-state index contributed by atoms with van der Waals surface area (Å²) < 4.78 is 1.32. The van der Waals surface area contributed by atoms with Crippen molar-refractivity contribution >= 4 is 15.9 Å². The van der Waals surface area contributed by atoms with Crippen molar-refractivity contribution in [2.24, 2.45) is 11.8 Å². The molecule has 0 fully saturated rings. The van der Waals surface area contributed by atoms with Gasteiger partial charge < -0.3 is 0 Å². The Kier molecular flexibility index (Phi) is 2.12. The van der Waals surface area contributed by atoms with Gasteiger partial charge in [0.1, 0.15) is 0 Å². The van der Waals surface area contributed by atoms with Crippen LogP contribution in [0.5, 0.6) is 0 Å². The molecule has 0 aromatic heterocycles. The van der Waals surface area contributed by atoms with Gasteiger partial charge in [0.2, 0.25) is 0 Å². The molecule has 0 spiro atoms. The van der Waals surface area contributed by atoms with Gasteiger partial charge in [-0.2, -0.15) is 0 Å². The largest absolute Gasteiger partial charge is 0.0762 e. The maximum absolute atomic E-state index is 3.50. The van der Waals surface area contributed by atoms with E-state index in [1.807, 2.05) is 0 Å². The molecule has 0 bridgehead atoms. The lowest BCUT2D eigenvalue weighted by Crippen LogP contribution is -2.02. The maximum atomic E-state index is 3.50. The third kappa shape index (κ3) is 1.45. The van der Waals surface area contributed by atoms with Gasteiger partial charge in [-0.05, 0) is 5.92 Å². The molecule has 9 heavy (non-hydrogen) atoms. The van der Waals surface area contributed by atoms with E-state index in [1.54, 1.807) is 0 Å². The van der Waals surface area contributed by atoms with Gasteiger partial charge in [0.25, 0.3) is 0 Å². The molecule has 0 heterocycles.